The SMILES string of the molecule is CC(C)CNCc1cc(F)cc(OCCCC#N)c1. The molecular formula is C15H21FN2O. The standard InChI is InChI=1S/C15H21FN2O/c1-12(2)10-18-11-13-7-14(16)9-15(8-13)19-6-4-3-5-17/h7-9,12,18H,3-4,6,10-11H2,1-2H3. The van der Waals surface area contributed by atoms with E-state index in [-0.39, 0.29) is 5.82 Å². The van der Waals surface area contributed by atoms with Crippen molar-refractivity contribution in [2.75, 3.05) is 13.2 Å². The Morgan fingerprint density at radius 3 is 2.84 bits per heavy atom. The smallest absolute Gasteiger partial charge is 0.127 e. The predicted molar refractivity (Wildman–Crippen MR) is 73.3 cm³/mol. The lowest BCUT2D eigenvalue weighted by Crippen LogP contribution is -2.19. The summed E-state index contributed by atoms with van der Waals surface area (Å²) in [5.41, 5.74) is 0.871. The van der Waals surface area contributed by atoms with Crippen LogP contribution >= 0.6 is 0 Å². The van der Waals surface area contributed by atoms with Crippen LogP contribution in [-0.2, 0) is 6.54 Å². The lowest BCUT2D eigenvalue weighted by atomic mass is 10.2. The van der Waals surface area contributed by atoms with Gasteiger partial charge in [0.1, 0.15) is 11.6 Å². The molecule has 0 atom stereocenters. The molecule has 0 saturated carbocycles. The van der Waals surface area contributed by atoms with Crippen LogP contribution in [0.4, 0.5) is 4.39 Å². The maximum absolute atomic E-state index is 13.4. The molecule has 3 nitrogen and oxygen atoms in total. The van der Waals surface area contributed by atoms with Crippen molar-refractivity contribution in [2.45, 2.75) is 33.2 Å². The first-order valence-corrected chi connectivity index (χ1v) is 6.61. The van der Waals surface area contributed by atoms with Gasteiger partial charge in [0, 0.05) is 19.0 Å². The molecule has 0 aliphatic heterocycles. The molecule has 0 aliphatic rings. The molecule has 0 aliphatic carbocycles. The molecule has 0 bridgehead atoms. The van der Waals surface area contributed by atoms with E-state index in [0.717, 1.165) is 12.1 Å². The van der Waals surface area contributed by atoms with Crippen LogP contribution in [0, 0.1) is 23.1 Å². The number of nitrogens with zero attached hydrogens (tertiary/aromatic N) is 1. The summed E-state index contributed by atoms with van der Waals surface area (Å²) in [6.45, 7) is 6.22. The minimum atomic E-state index is -0.292. The highest BCUT2D eigenvalue weighted by molar-refractivity contribution is 5.29. The number of hydrogen-bond donors (Lipinski definition) is 1. The van der Waals surface area contributed by atoms with Crippen molar-refractivity contribution in [3.8, 4) is 11.8 Å². The Kier molecular flexibility index (Phi) is 6.91. The van der Waals surface area contributed by atoms with Gasteiger partial charge in [0.2, 0.25) is 0 Å². The number of hydrogen-bond acceptors (Lipinski definition) is 3. The van der Waals surface area contributed by atoms with E-state index in [1.807, 2.05) is 6.07 Å². The average Bonchev–Trinajstić information content (AvgIpc) is 2.34. The lowest BCUT2D eigenvalue weighted by Gasteiger charge is -2.10. The zero-order chi connectivity index (χ0) is 14.1. The number of nitriles is 1. The molecule has 0 unspecified atom stereocenters. The van der Waals surface area contributed by atoms with E-state index in [9.17, 15) is 4.39 Å². The van der Waals surface area contributed by atoms with Gasteiger partial charge in [-0.25, -0.2) is 4.39 Å². The molecule has 1 N–H and O–H groups in total. The summed E-state index contributed by atoms with van der Waals surface area (Å²) in [6, 6.07) is 6.77. The fourth-order valence-electron chi connectivity index (χ4n) is 1.65. The molecule has 1 rings (SSSR count). The maximum atomic E-state index is 13.4. The Labute approximate surface area is 114 Å². The Morgan fingerprint density at radius 1 is 1.37 bits per heavy atom. The number of benzene rings is 1. The van der Waals surface area contributed by atoms with Crippen LogP contribution in [0.25, 0.3) is 0 Å². The first-order chi connectivity index (χ1) is 9.11. The van der Waals surface area contributed by atoms with Crippen LogP contribution in [-0.4, -0.2) is 13.2 Å². The number of rotatable bonds is 8. The van der Waals surface area contributed by atoms with E-state index in [1.165, 1.54) is 12.1 Å². The van der Waals surface area contributed by atoms with Gasteiger partial charge in [0.05, 0.1) is 12.7 Å². The predicted octanol–water partition coefficient (Wildman–Crippen LogP) is 3.25. The molecule has 104 valence electrons. The van der Waals surface area contributed by atoms with Gasteiger partial charge in [-0.2, -0.15) is 5.26 Å². The summed E-state index contributed by atoms with van der Waals surface area (Å²) in [7, 11) is 0. The molecule has 0 fully saturated rings. The summed E-state index contributed by atoms with van der Waals surface area (Å²) in [5, 5.41) is 11.7. The largest absolute Gasteiger partial charge is 0.493 e. The quantitative estimate of drug-likeness (QED) is 0.733. The molecule has 0 heterocycles. The second-order valence-corrected chi connectivity index (χ2v) is 4.93. The molecule has 0 saturated heterocycles. The van der Waals surface area contributed by atoms with E-state index in [1.54, 1.807) is 0 Å². The second-order valence-electron chi connectivity index (χ2n) is 4.93. The van der Waals surface area contributed by atoms with E-state index >= 15 is 0 Å². The highest BCUT2D eigenvalue weighted by atomic mass is 19.1. The normalized spacial score (nSPS) is 10.5. The summed E-state index contributed by atoms with van der Waals surface area (Å²) in [5.74, 6) is 0.800. The fourth-order valence-corrected chi connectivity index (χ4v) is 1.65. The van der Waals surface area contributed by atoms with E-state index < -0.39 is 0 Å². The van der Waals surface area contributed by atoms with Gasteiger partial charge < -0.3 is 10.1 Å². The Morgan fingerprint density at radius 2 is 2.16 bits per heavy atom. The third-order valence-corrected chi connectivity index (χ3v) is 2.51. The van der Waals surface area contributed by atoms with Gasteiger partial charge in [-0.3, -0.25) is 0 Å². The van der Waals surface area contributed by atoms with Crippen LogP contribution in [0.1, 0.15) is 32.3 Å². The van der Waals surface area contributed by atoms with Gasteiger partial charge >= 0.3 is 0 Å². The van der Waals surface area contributed by atoms with Crippen molar-refractivity contribution in [1.29, 1.82) is 5.26 Å². The topological polar surface area (TPSA) is 45.0 Å². The zero-order valence-corrected chi connectivity index (χ0v) is 11.6. The number of unbranched alkanes of at least 4 members (excludes halogenated alkanes) is 1. The van der Waals surface area contributed by atoms with Crippen molar-refractivity contribution >= 4 is 0 Å². The van der Waals surface area contributed by atoms with Gasteiger partial charge in [0.15, 0.2) is 0 Å². The van der Waals surface area contributed by atoms with Crippen LogP contribution in [0.2, 0.25) is 0 Å². The van der Waals surface area contributed by atoms with Crippen molar-refractivity contribution in [3.63, 3.8) is 0 Å². The molecule has 19 heavy (non-hydrogen) atoms. The highest BCUT2D eigenvalue weighted by Gasteiger charge is 2.02. The van der Waals surface area contributed by atoms with Crippen molar-refractivity contribution in [2.24, 2.45) is 5.92 Å². The summed E-state index contributed by atoms with van der Waals surface area (Å²) >= 11 is 0. The molecular weight excluding hydrogens is 243 g/mol. The van der Waals surface area contributed by atoms with Crippen LogP contribution < -0.4 is 10.1 Å². The highest BCUT2D eigenvalue weighted by Crippen LogP contribution is 2.17. The van der Waals surface area contributed by atoms with Crippen LogP contribution in [0.3, 0.4) is 0 Å². The maximum Gasteiger partial charge on any atom is 0.127 e. The van der Waals surface area contributed by atoms with E-state index in [2.05, 4.69) is 25.2 Å². The summed E-state index contributed by atoms with van der Waals surface area (Å²) in [4.78, 5) is 0. The monoisotopic (exact) mass is 264 g/mol. The second kappa shape index (κ2) is 8.49. The van der Waals surface area contributed by atoms with Gasteiger partial charge in [-0.1, -0.05) is 13.8 Å². The summed E-state index contributed by atoms with van der Waals surface area (Å²) < 4.78 is 18.9. The van der Waals surface area contributed by atoms with Crippen LogP contribution in [0.15, 0.2) is 18.2 Å². The third kappa shape index (κ3) is 6.78. The average molecular weight is 264 g/mol. The van der Waals surface area contributed by atoms with Crippen molar-refractivity contribution in [3.05, 3.63) is 29.6 Å². The minimum Gasteiger partial charge on any atom is -0.493 e. The Bertz CT molecular complexity index is 427. The third-order valence-electron chi connectivity index (χ3n) is 2.51. The Balaban J connectivity index is 2.49. The molecule has 4 heteroatoms. The van der Waals surface area contributed by atoms with Crippen molar-refractivity contribution in [1.82, 2.24) is 5.32 Å². The molecule has 0 radical (unpaired) electrons. The first-order valence-electron chi connectivity index (χ1n) is 6.61. The number of nitrogens with one attached hydrogen (secondary N) is 1. The van der Waals surface area contributed by atoms with Gasteiger partial charge in [0.25, 0.3) is 0 Å². The zero-order valence-electron chi connectivity index (χ0n) is 11.6. The first kappa shape index (κ1) is 15.5. The van der Waals surface area contributed by atoms with Gasteiger partial charge in [-0.05, 0) is 36.6 Å². The lowest BCUT2D eigenvalue weighted by molar-refractivity contribution is 0.310. The van der Waals surface area contributed by atoms with Gasteiger partial charge in [-0.15, -0.1) is 0 Å². The number of halogens is 1. The summed E-state index contributed by atoms with van der Waals surface area (Å²) in [6.07, 6.45) is 1.12. The van der Waals surface area contributed by atoms with Crippen LogP contribution in [0.5, 0.6) is 5.75 Å². The fraction of sp³-hybridized carbons (Fsp3) is 0.533. The minimum absolute atomic E-state index is 0.292. The number of ether oxygens (including phenoxy) is 1. The molecule has 0 amide bonds. The molecule has 1 aromatic rings. The Hall–Kier alpha value is -1.60. The van der Waals surface area contributed by atoms with Crippen molar-refractivity contribution < 1.29 is 9.13 Å². The molecule has 0 spiro atoms. The van der Waals surface area contributed by atoms with E-state index in [4.69, 9.17) is 10.00 Å². The molecule has 1 aromatic carbocycles. The van der Waals surface area contributed by atoms with E-state index in [0.29, 0.717) is 37.7 Å². The molecule has 0 aromatic heterocycles.